The second kappa shape index (κ2) is 9.58. The van der Waals surface area contributed by atoms with Crippen molar-refractivity contribution in [3.05, 3.63) is 158 Å². The lowest BCUT2D eigenvalue weighted by Gasteiger charge is -2.22. The number of hydrogen-bond acceptors (Lipinski definition) is 0. The topological polar surface area (TPSA) is 0 Å². The van der Waals surface area contributed by atoms with E-state index in [-0.39, 0.29) is 0 Å². The Morgan fingerprint density at radius 1 is 0.333 bits per heavy atom. The average Bonchev–Trinajstić information content (AvgIpc) is 3.06. The second-order valence-corrected chi connectivity index (χ2v) is 11.0. The van der Waals surface area contributed by atoms with Crippen LogP contribution in [0.3, 0.4) is 0 Å². The fourth-order valence-electron chi connectivity index (χ4n) is 6.91. The highest BCUT2D eigenvalue weighted by molar-refractivity contribution is 6.30. The van der Waals surface area contributed by atoms with Crippen molar-refractivity contribution >= 4 is 66.0 Å². The summed E-state index contributed by atoms with van der Waals surface area (Å²) in [5, 5.41) is 12.6. The van der Waals surface area contributed by atoms with Gasteiger partial charge in [0.2, 0.25) is 0 Å². The molecule has 0 saturated heterocycles. The van der Waals surface area contributed by atoms with Gasteiger partial charge in [0.25, 0.3) is 0 Å². The first kappa shape index (κ1) is 24.3. The van der Waals surface area contributed by atoms with Crippen LogP contribution in [0.15, 0.2) is 147 Å². The first-order chi connectivity index (χ1) is 20.8. The Morgan fingerprint density at radius 2 is 0.690 bits per heavy atom. The molecule has 0 aliphatic rings. The molecular formula is C42H28. The van der Waals surface area contributed by atoms with Crippen LogP contribution in [0.1, 0.15) is 11.1 Å². The van der Waals surface area contributed by atoms with E-state index in [1.165, 1.54) is 76.1 Å². The lowest BCUT2D eigenvalue weighted by molar-refractivity contribution is 1.59. The van der Waals surface area contributed by atoms with Gasteiger partial charge in [0.05, 0.1) is 0 Å². The third-order valence-corrected chi connectivity index (χ3v) is 8.74. The molecule has 0 radical (unpaired) electrons. The van der Waals surface area contributed by atoms with E-state index in [2.05, 4.69) is 147 Å². The Bertz CT molecular complexity index is 2360. The van der Waals surface area contributed by atoms with Crippen molar-refractivity contribution in [3.63, 3.8) is 0 Å². The summed E-state index contributed by atoms with van der Waals surface area (Å²) in [5.74, 6) is 0. The molecule has 8 rings (SSSR count). The lowest BCUT2D eigenvalue weighted by atomic mass is 9.81. The summed E-state index contributed by atoms with van der Waals surface area (Å²) in [6, 6.07) is 48.5. The third kappa shape index (κ3) is 3.56. The maximum atomic E-state index is 4.31. The Labute approximate surface area is 245 Å². The largest absolute Gasteiger partial charge is 0.0984 e. The van der Waals surface area contributed by atoms with Crippen LogP contribution >= 0.6 is 0 Å². The molecule has 0 fully saturated rings. The highest BCUT2D eigenvalue weighted by atomic mass is 14.2. The summed E-state index contributed by atoms with van der Waals surface area (Å²) in [7, 11) is 0. The zero-order valence-corrected chi connectivity index (χ0v) is 23.3. The van der Waals surface area contributed by atoms with Crippen molar-refractivity contribution in [2.75, 3.05) is 0 Å². The summed E-state index contributed by atoms with van der Waals surface area (Å²) < 4.78 is 0. The lowest BCUT2D eigenvalue weighted by Crippen LogP contribution is -1.97. The van der Waals surface area contributed by atoms with Gasteiger partial charge in [-0.15, -0.1) is 0 Å². The summed E-state index contributed by atoms with van der Waals surface area (Å²) in [5.41, 5.74) is 6.96. The fraction of sp³-hybridized carbons (Fsp3) is 0. The molecule has 0 aliphatic carbocycles. The van der Waals surface area contributed by atoms with Gasteiger partial charge in [-0.1, -0.05) is 135 Å². The molecule has 0 spiro atoms. The highest BCUT2D eigenvalue weighted by Crippen LogP contribution is 2.47. The molecule has 0 aliphatic heterocycles. The molecule has 0 heteroatoms. The van der Waals surface area contributed by atoms with Crippen molar-refractivity contribution in [1.82, 2.24) is 0 Å². The Morgan fingerprint density at radius 3 is 1.14 bits per heavy atom. The van der Waals surface area contributed by atoms with Crippen LogP contribution in [0.2, 0.25) is 0 Å². The van der Waals surface area contributed by atoms with E-state index in [1.54, 1.807) is 0 Å². The SMILES string of the molecule is C=Cc1c(C=C)c(-c2ccccc2)c2cc3c4cc5ccccc5cc4c4ccccc4c3cc2c1-c1ccccc1. The van der Waals surface area contributed by atoms with Crippen molar-refractivity contribution < 1.29 is 0 Å². The number of benzene rings is 8. The van der Waals surface area contributed by atoms with Gasteiger partial charge in [-0.2, -0.15) is 0 Å². The summed E-state index contributed by atoms with van der Waals surface area (Å²) in [6.07, 6.45) is 4.00. The predicted molar refractivity (Wildman–Crippen MR) is 185 cm³/mol. The minimum absolute atomic E-state index is 1.11. The monoisotopic (exact) mass is 532 g/mol. The molecule has 0 saturated carbocycles. The van der Waals surface area contributed by atoms with Crippen LogP contribution in [0.5, 0.6) is 0 Å². The van der Waals surface area contributed by atoms with Gasteiger partial charge < -0.3 is 0 Å². The van der Waals surface area contributed by atoms with E-state index in [1.807, 2.05) is 12.2 Å². The number of hydrogen-bond donors (Lipinski definition) is 0. The Hall–Kier alpha value is -5.46. The highest BCUT2D eigenvalue weighted by Gasteiger charge is 2.21. The van der Waals surface area contributed by atoms with E-state index < -0.39 is 0 Å². The fourth-order valence-corrected chi connectivity index (χ4v) is 6.91. The van der Waals surface area contributed by atoms with Crippen LogP contribution in [0, 0.1) is 0 Å². The zero-order chi connectivity index (χ0) is 28.2. The maximum absolute atomic E-state index is 4.31. The van der Waals surface area contributed by atoms with Crippen LogP contribution < -0.4 is 0 Å². The first-order valence-electron chi connectivity index (χ1n) is 14.4. The van der Waals surface area contributed by atoms with Crippen molar-refractivity contribution in [1.29, 1.82) is 0 Å². The van der Waals surface area contributed by atoms with Gasteiger partial charge in [-0.25, -0.2) is 0 Å². The van der Waals surface area contributed by atoms with Crippen LogP contribution in [-0.2, 0) is 0 Å². The van der Waals surface area contributed by atoms with E-state index in [0.717, 1.165) is 11.1 Å². The molecule has 0 aromatic heterocycles. The molecule has 8 aromatic rings. The molecule has 0 unspecified atom stereocenters. The summed E-state index contributed by atoms with van der Waals surface area (Å²) in [4.78, 5) is 0. The van der Waals surface area contributed by atoms with Gasteiger partial charge >= 0.3 is 0 Å². The minimum Gasteiger partial charge on any atom is -0.0984 e. The van der Waals surface area contributed by atoms with Gasteiger partial charge in [0.1, 0.15) is 0 Å². The van der Waals surface area contributed by atoms with Crippen molar-refractivity contribution in [2.45, 2.75) is 0 Å². The number of fused-ring (bicyclic) bond motifs is 8. The standard InChI is InChI=1S/C42H28/c1-3-31-32(4-2)42(28-17-9-6-10-18-28)40-26-38-36-24-30-20-12-11-19-29(30)23-35(36)33-21-13-14-22-34(33)37(38)25-39(40)41(31)27-15-7-5-8-16-27/h3-26H,1-2H2. The maximum Gasteiger partial charge on any atom is -0.00264 e. The molecule has 42 heavy (non-hydrogen) atoms. The minimum atomic E-state index is 1.11. The Kier molecular flexibility index (Phi) is 5.55. The van der Waals surface area contributed by atoms with Gasteiger partial charge in [-0.3, -0.25) is 0 Å². The molecule has 0 bridgehead atoms. The van der Waals surface area contributed by atoms with E-state index in [9.17, 15) is 0 Å². The van der Waals surface area contributed by atoms with Crippen LogP contribution in [0.4, 0.5) is 0 Å². The van der Waals surface area contributed by atoms with Crippen molar-refractivity contribution in [2.24, 2.45) is 0 Å². The predicted octanol–water partition coefficient (Wildman–Crippen LogP) is 12.1. The van der Waals surface area contributed by atoms with Gasteiger partial charge in [0.15, 0.2) is 0 Å². The molecule has 0 amide bonds. The summed E-state index contributed by atoms with van der Waals surface area (Å²) in [6.45, 7) is 8.61. The van der Waals surface area contributed by atoms with Crippen molar-refractivity contribution in [3.8, 4) is 22.3 Å². The molecule has 196 valence electrons. The molecule has 0 N–H and O–H groups in total. The molecule has 0 nitrogen and oxygen atoms in total. The van der Waals surface area contributed by atoms with Gasteiger partial charge in [0, 0.05) is 0 Å². The van der Waals surface area contributed by atoms with E-state index in [0.29, 0.717) is 0 Å². The smallest absolute Gasteiger partial charge is 0.00264 e. The molecule has 0 heterocycles. The molecule has 0 atom stereocenters. The van der Waals surface area contributed by atoms with E-state index in [4.69, 9.17) is 0 Å². The van der Waals surface area contributed by atoms with Crippen LogP contribution in [-0.4, -0.2) is 0 Å². The first-order valence-corrected chi connectivity index (χ1v) is 14.4. The molecule has 8 aromatic carbocycles. The Balaban J connectivity index is 1.67. The number of rotatable bonds is 4. The normalized spacial score (nSPS) is 11.5. The molecular weight excluding hydrogens is 504 g/mol. The summed E-state index contributed by atoms with van der Waals surface area (Å²) >= 11 is 0. The zero-order valence-electron chi connectivity index (χ0n) is 23.3. The van der Waals surface area contributed by atoms with Gasteiger partial charge in [-0.05, 0) is 112 Å². The second-order valence-electron chi connectivity index (χ2n) is 11.0. The van der Waals surface area contributed by atoms with E-state index >= 15 is 0 Å². The average molecular weight is 533 g/mol. The third-order valence-electron chi connectivity index (χ3n) is 8.74. The van der Waals surface area contributed by atoms with Crippen LogP contribution in [0.25, 0.3) is 88.3 Å². The quantitative estimate of drug-likeness (QED) is 0.156.